The summed E-state index contributed by atoms with van der Waals surface area (Å²) in [6.07, 6.45) is 1.49. The van der Waals surface area contributed by atoms with E-state index in [-0.39, 0.29) is 5.91 Å². The van der Waals surface area contributed by atoms with Crippen molar-refractivity contribution in [3.8, 4) is 0 Å². The molecule has 128 valence electrons. The fourth-order valence-corrected chi connectivity index (χ4v) is 2.69. The van der Waals surface area contributed by atoms with E-state index in [0.717, 1.165) is 17.9 Å². The number of benzene rings is 2. The van der Waals surface area contributed by atoms with Crippen LogP contribution in [0.3, 0.4) is 0 Å². The minimum atomic E-state index is -0.247. The predicted molar refractivity (Wildman–Crippen MR) is 101 cm³/mol. The Morgan fingerprint density at radius 1 is 1.00 bits per heavy atom. The van der Waals surface area contributed by atoms with Crippen LogP contribution >= 0.6 is 0 Å². The van der Waals surface area contributed by atoms with Gasteiger partial charge in [0, 0.05) is 24.0 Å². The number of hydrogen-bond acceptors (Lipinski definition) is 3. The summed E-state index contributed by atoms with van der Waals surface area (Å²) in [6, 6.07) is 22.0. The van der Waals surface area contributed by atoms with E-state index in [4.69, 9.17) is 4.42 Å². The quantitative estimate of drug-likeness (QED) is 0.694. The van der Waals surface area contributed by atoms with E-state index in [1.165, 1.54) is 11.8 Å². The first kappa shape index (κ1) is 16.8. The molecule has 1 amide bonds. The summed E-state index contributed by atoms with van der Waals surface area (Å²) >= 11 is 0. The zero-order valence-electron chi connectivity index (χ0n) is 14.5. The van der Waals surface area contributed by atoms with Crippen molar-refractivity contribution in [2.75, 3.05) is 10.2 Å². The third-order valence-corrected chi connectivity index (χ3v) is 4.02. The molecule has 0 aliphatic rings. The largest absolute Gasteiger partial charge is 0.459 e. The maximum atomic E-state index is 12.0. The second kappa shape index (κ2) is 7.71. The van der Waals surface area contributed by atoms with Crippen molar-refractivity contribution in [2.24, 2.45) is 0 Å². The average Bonchev–Trinajstić information content (AvgIpc) is 3.16. The summed E-state index contributed by atoms with van der Waals surface area (Å²) in [6.45, 7) is 5.20. The highest BCUT2D eigenvalue weighted by Gasteiger charge is 2.12. The molecule has 0 aliphatic heterocycles. The summed E-state index contributed by atoms with van der Waals surface area (Å²) in [5.41, 5.74) is 3.13. The van der Waals surface area contributed by atoms with Crippen LogP contribution in [0.4, 0.5) is 11.4 Å². The highest BCUT2D eigenvalue weighted by atomic mass is 16.3. The molecule has 0 saturated carbocycles. The maximum absolute atomic E-state index is 12.0. The number of hydrogen-bond donors (Lipinski definition) is 1. The van der Waals surface area contributed by atoms with Crippen LogP contribution in [0.2, 0.25) is 0 Å². The van der Waals surface area contributed by atoms with Gasteiger partial charge < -0.3 is 14.6 Å². The average molecular weight is 334 g/mol. The summed E-state index contributed by atoms with van der Waals surface area (Å²) in [5.74, 6) is 0.0553. The molecule has 1 heterocycles. The Balaban J connectivity index is 1.72. The summed E-state index contributed by atoms with van der Waals surface area (Å²) in [7, 11) is 0. The van der Waals surface area contributed by atoms with Crippen LogP contribution in [0.15, 0.2) is 77.4 Å². The van der Waals surface area contributed by atoms with E-state index in [2.05, 4.69) is 48.3 Å². The Kier molecular flexibility index (Phi) is 5.19. The molecule has 0 fully saturated rings. The highest BCUT2D eigenvalue weighted by molar-refractivity contribution is 6.02. The van der Waals surface area contributed by atoms with E-state index in [1.807, 2.05) is 30.3 Å². The molecule has 0 bridgehead atoms. The molecule has 0 unspecified atom stereocenters. The Morgan fingerprint density at radius 3 is 2.32 bits per heavy atom. The van der Waals surface area contributed by atoms with Gasteiger partial charge in [0.1, 0.15) is 0 Å². The molecule has 3 aromatic rings. The summed E-state index contributed by atoms with van der Waals surface area (Å²) in [4.78, 5) is 14.4. The molecule has 4 heteroatoms. The monoisotopic (exact) mass is 334 g/mol. The smallest absolute Gasteiger partial charge is 0.291 e. The van der Waals surface area contributed by atoms with E-state index < -0.39 is 0 Å². The number of anilines is 2. The summed E-state index contributed by atoms with van der Waals surface area (Å²) in [5, 5.41) is 2.84. The number of nitrogens with zero attached hydrogens (tertiary/aromatic N) is 1. The van der Waals surface area contributed by atoms with Crippen molar-refractivity contribution in [3.63, 3.8) is 0 Å². The van der Waals surface area contributed by atoms with Crippen molar-refractivity contribution in [1.82, 2.24) is 0 Å². The third-order valence-electron chi connectivity index (χ3n) is 4.02. The minimum absolute atomic E-state index is 0.247. The first-order chi connectivity index (χ1) is 12.1. The second-order valence-corrected chi connectivity index (χ2v) is 6.19. The first-order valence-corrected chi connectivity index (χ1v) is 8.39. The van der Waals surface area contributed by atoms with Gasteiger partial charge in [-0.3, -0.25) is 4.79 Å². The Morgan fingerprint density at radius 2 is 1.72 bits per heavy atom. The SMILES string of the molecule is CC(C)N(Cc1ccccc1)c1ccc(NC(=O)c2ccco2)cc1. The number of amides is 1. The molecule has 4 nitrogen and oxygen atoms in total. The molecular weight excluding hydrogens is 312 g/mol. The molecule has 1 N–H and O–H groups in total. The highest BCUT2D eigenvalue weighted by Crippen LogP contribution is 2.22. The molecule has 3 rings (SSSR count). The van der Waals surface area contributed by atoms with Gasteiger partial charge in [-0.05, 0) is 55.8 Å². The third kappa shape index (κ3) is 4.29. The first-order valence-electron chi connectivity index (χ1n) is 8.39. The lowest BCUT2D eigenvalue weighted by molar-refractivity contribution is 0.0996. The van der Waals surface area contributed by atoms with Gasteiger partial charge in [-0.25, -0.2) is 0 Å². The number of carbonyl (C=O) groups excluding carboxylic acids is 1. The molecule has 25 heavy (non-hydrogen) atoms. The van der Waals surface area contributed by atoms with Gasteiger partial charge in [0.2, 0.25) is 0 Å². The van der Waals surface area contributed by atoms with Crippen molar-refractivity contribution in [3.05, 3.63) is 84.3 Å². The zero-order valence-corrected chi connectivity index (χ0v) is 14.5. The Labute approximate surface area is 148 Å². The van der Waals surface area contributed by atoms with Crippen molar-refractivity contribution >= 4 is 17.3 Å². The molecular formula is C21H22N2O2. The predicted octanol–water partition coefficient (Wildman–Crippen LogP) is 4.95. The molecule has 0 radical (unpaired) electrons. The normalized spacial score (nSPS) is 10.7. The van der Waals surface area contributed by atoms with Crippen LogP contribution in [0, 0.1) is 0 Å². The lowest BCUT2D eigenvalue weighted by Gasteiger charge is -2.29. The standard InChI is InChI=1S/C21H22N2O2/c1-16(2)23(15-17-7-4-3-5-8-17)19-12-10-18(11-13-19)22-21(24)20-9-6-14-25-20/h3-14,16H,15H2,1-2H3,(H,22,24). The lowest BCUT2D eigenvalue weighted by atomic mass is 10.1. The van der Waals surface area contributed by atoms with Crippen LogP contribution in [0.5, 0.6) is 0 Å². The van der Waals surface area contributed by atoms with Gasteiger partial charge in [-0.2, -0.15) is 0 Å². The molecule has 1 aromatic heterocycles. The van der Waals surface area contributed by atoms with Crippen molar-refractivity contribution in [2.45, 2.75) is 26.4 Å². The van der Waals surface area contributed by atoms with Gasteiger partial charge in [0.15, 0.2) is 5.76 Å². The zero-order chi connectivity index (χ0) is 17.6. The Hall–Kier alpha value is -3.01. The van der Waals surface area contributed by atoms with Gasteiger partial charge in [0.25, 0.3) is 5.91 Å². The minimum Gasteiger partial charge on any atom is -0.459 e. The van der Waals surface area contributed by atoms with Gasteiger partial charge in [0.05, 0.1) is 6.26 Å². The Bertz CT molecular complexity index is 794. The van der Waals surface area contributed by atoms with Crippen LogP contribution in [0.1, 0.15) is 30.0 Å². The molecule has 0 aliphatic carbocycles. The molecule has 0 saturated heterocycles. The maximum Gasteiger partial charge on any atom is 0.291 e. The van der Waals surface area contributed by atoms with Gasteiger partial charge >= 0.3 is 0 Å². The summed E-state index contributed by atoms with van der Waals surface area (Å²) < 4.78 is 5.11. The number of furan rings is 1. The van der Waals surface area contributed by atoms with Crippen LogP contribution in [-0.4, -0.2) is 11.9 Å². The second-order valence-electron chi connectivity index (χ2n) is 6.19. The number of nitrogens with one attached hydrogen (secondary N) is 1. The molecule has 0 spiro atoms. The van der Waals surface area contributed by atoms with Crippen LogP contribution in [0.25, 0.3) is 0 Å². The lowest BCUT2D eigenvalue weighted by Crippen LogP contribution is -2.30. The van der Waals surface area contributed by atoms with E-state index in [1.54, 1.807) is 12.1 Å². The van der Waals surface area contributed by atoms with E-state index >= 15 is 0 Å². The molecule has 0 atom stereocenters. The number of rotatable bonds is 6. The number of carbonyl (C=O) groups is 1. The topological polar surface area (TPSA) is 45.5 Å². The van der Waals surface area contributed by atoms with Crippen LogP contribution < -0.4 is 10.2 Å². The fourth-order valence-electron chi connectivity index (χ4n) is 2.69. The van der Waals surface area contributed by atoms with E-state index in [9.17, 15) is 4.79 Å². The van der Waals surface area contributed by atoms with E-state index in [0.29, 0.717) is 11.8 Å². The van der Waals surface area contributed by atoms with Gasteiger partial charge in [-0.1, -0.05) is 30.3 Å². The van der Waals surface area contributed by atoms with Crippen molar-refractivity contribution in [1.29, 1.82) is 0 Å². The van der Waals surface area contributed by atoms with Gasteiger partial charge in [-0.15, -0.1) is 0 Å². The van der Waals surface area contributed by atoms with Crippen LogP contribution in [-0.2, 0) is 6.54 Å². The fraction of sp³-hybridized carbons (Fsp3) is 0.190. The molecule has 2 aromatic carbocycles. The van der Waals surface area contributed by atoms with Crippen molar-refractivity contribution < 1.29 is 9.21 Å².